The van der Waals surface area contributed by atoms with E-state index in [0.29, 0.717) is 45.1 Å². The summed E-state index contributed by atoms with van der Waals surface area (Å²) in [5.41, 5.74) is -0.580. The van der Waals surface area contributed by atoms with E-state index in [-0.39, 0.29) is 11.9 Å². The van der Waals surface area contributed by atoms with Gasteiger partial charge in [0, 0.05) is 32.7 Å². The fourth-order valence-corrected chi connectivity index (χ4v) is 2.37. The molecule has 1 fully saturated rings. The molecule has 21 heavy (non-hydrogen) atoms. The number of nitrogens with zero attached hydrogens (tertiary/aromatic N) is 2. The lowest BCUT2D eigenvalue weighted by Gasteiger charge is -2.33. The molecule has 0 amide bonds. The zero-order valence-corrected chi connectivity index (χ0v) is 12.8. The van der Waals surface area contributed by atoms with Crippen molar-refractivity contribution in [1.82, 2.24) is 10.1 Å². The molecular weight excluding hydrogens is 276 g/mol. The third kappa shape index (κ3) is 3.41. The van der Waals surface area contributed by atoms with Crippen LogP contribution in [0.25, 0.3) is 0 Å². The van der Waals surface area contributed by atoms with Gasteiger partial charge in [-0.3, -0.25) is 4.79 Å². The molecule has 0 spiro atoms. The van der Waals surface area contributed by atoms with Gasteiger partial charge in [0.15, 0.2) is 0 Å². The van der Waals surface area contributed by atoms with Gasteiger partial charge >= 0.3 is 5.97 Å². The summed E-state index contributed by atoms with van der Waals surface area (Å²) in [6.45, 7) is 7.44. The smallest absolute Gasteiger partial charge is 0.318 e. The van der Waals surface area contributed by atoms with E-state index >= 15 is 0 Å². The minimum atomic E-state index is -0.580. The molecule has 1 aromatic rings. The summed E-state index contributed by atoms with van der Waals surface area (Å²) in [5.74, 6) is -0.206. The van der Waals surface area contributed by atoms with Crippen molar-refractivity contribution >= 4 is 5.97 Å². The molecule has 2 heterocycles. The van der Waals surface area contributed by atoms with Crippen LogP contribution in [0.5, 0.6) is 0 Å². The number of aromatic nitrogens is 2. The summed E-state index contributed by atoms with van der Waals surface area (Å²) >= 11 is 0. The van der Waals surface area contributed by atoms with Crippen molar-refractivity contribution in [2.45, 2.75) is 45.1 Å². The van der Waals surface area contributed by atoms with E-state index in [0.717, 1.165) is 0 Å². The largest absolute Gasteiger partial charge is 0.465 e. The minimum Gasteiger partial charge on any atom is -0.465 e. The molecule has 1 aliphatic heterocycles. The number of hydrogen-bond acceptors (Lipinski definition) is 7. The highest BCUT2D eigenvalue weighted by molar-refractivity contribution is 5.76. The molecule has 0 bridgehead atoms. The lowest BCUT2D eigenvalue weighted by atomic mass is 9.93. The standard InChI is InChI=1S/C14H22N2O5/c1-4-19-12(17)10(3)11-15-13(16-21-11)14(20-5-2)6-8-18-9-7-14/h10H,4-9H2,1-3H3. The molecule has 2 rings (SSSR count). The summed E-state index contributed by atoms with van der Waals surface area (Å²) in [4.78, 5) is 16.1. The van der Waals surface area contributed by atoms with Gasteiger partial charge in [0.1, 0.15) is 11.5 Å². The first kappa shape index (κ1) is 15.9. The zero-order chi connectivity index (χ0) is 15.3. The molecule has 0 N–H and O–H groups in total. The third-order valence-corrected chi connectivity index (χ3v) is 3.58. The number of carbonyl (C=O) groups excluding carboxylic acids is 1. The Morgan fingerprint density at radius 2 is 2.05 bits per heavy atom. The number of hydrogen-bond donors (Lipinski definition) is 0. The second kappa shape index (κ2) is 7.00. The first-order valence-corrected chi connectivity index (χ1v) is 7.35. The number of carbonyl (C=O) groups is 1. The van der Waals surface area contributed by atoms with Crippen LogP contribution in [0.15, 0.2) is 4.52 Å². The van der Waals surface area contributed by atoms with Crippen LogP contribution >= 0.6 is 0 Å². The zero-order valence-electron chi connectivity index (χ0n) is 12.8. The number of ether oxygens (including phenoxy) is 3. The van der Waals surface area contributed by atoms with Gasteiger partial charge in [0.2, 0.25) is 11.7 Å². The normalized spacial score (nSPS) is 19.2. The molecule has 0 radical (unpaired) electrons. The fourth-order valence-electron chi connectivity index (χ4n) is 2.37. The Morgan fingerprint density at radius 1 is 1.33 bits per heavy atom. The summed E-state index contributed by atoms with van der Waals surface area (Å²) in [6.07, 6.45) is 1.35. The molecule has 0 saturated carbocycles. The van der Waals surface area contributed by atoms with Crippen LogP contribution < -0.4 is 0 Å². The summed E-state index contributed by atoms with van der Waals surface area (Å²) in [5, 5.41) is 4.02. The van der Waals surface area contributed by atoms with Crippen LogP contribution in [0.4, 0.5) is 0 Å². The molecular formula is C14H22N2O5. The summed E-state index contributed by atoms with van der Waals surface area (Å²) in [7, 11) is 0. The molecule has 0 aliphatic carbocycles. The van der Waals surface area contributed by atoms with Crippen LogP contribution in [0.2, 0.25) is 0 Å². The maximum absolute atomic E-state index is 11.7. The first-order valence-electron chi connectivity index (χ1n) is 7.35. The Bertz CT molecular complexity index is 462. The Hall–Kier alpha value is -1.47. The topological polar surface area (TPSA) is 83.7 Å². The maximum Gasteiger partial charge on any atom is 0.318 e. The van der Waals surface area contributed by atoms with Crippen molar-refractivity contribution in [3.8, 4) is 0 Å². The fraction of sp³-hybridized carbons (Fsp3) is 0.786. The highest BCUT2D eigenvalue weighted by Crippen LogP contribution is 2.34. The molecule has 7 nitrogen and oxygen atoms in total. The van der Waals surface area contributed by atoms with Crippen molar-refractivity contribution < 1.29 is 23.5 Å². The third-order valence-electron chi connectivity index (χ3n) is 3.58. The van der Waals surface area contributed by atoms with E-state index in [9.17, 15) is 4.79 Å². The average Bonchev–Trinajstić information content (AvgIpc) is 2.98. The number of rotatable bonds is 6. The highest BCUT2D eigenvalue weighted by atomic mass is 16.5. The first-order chi connectivity index (χ1) is 10.1. The van der Waals surface area contributed by atoms with E-state index in [2.05, 4.69) is 10.1 Å². The van der Waals surface area contributed by atoms with Crippen LogP contribution in [-0.2, 0) is 24.6 Å². The molecule has 1 saturated heterocycles. The summed E-state index contributed by atoms with van der Waals surface area (Å²) in [6, 6.07) is 0. The lowest BCUT2D eigenvalue weighted by molar-refractivity contribution is -0.145. The Morgan fingerprint density at radius 3 is 2.67 bits per heavy atom. The Kier molecular flexibility index (Phi) is 5.30. The van der Waals surface area contributed by atoms with Gasteiger partial charge in [-0.25, -0.2) is 0 Å². The van der Waals surface area contributed by atoms with Gasteiger partial charge in [-0.05, 0) is 20.8 Å². The van der Waals surface area contributed by atoms with Crippen LogP contribution in [-0.4, -0.2) is 42.5 Å². The molecule has 1 aromatic heterocycles. The van der Waals surface area contributed by atoms with Crippen molar-refractivity contribution in [2.75, 3.05) is 26.4 Å². The number of esters is 1. The molecule has 1 unspecified atom stereocenters. The SMILES string of the molecule is CCOC(=O)C(C)c1nc(C2(OCC)CCOCC2)no1. The van der Waals surface area contributed by atoms with E-state index in [1.165, 1.54) is 0 Å². The predicted molar refractivity (Wildman–Crippen MR) is 72.7 cm³/mol. The average molecular weight is 298 g/mol. The van der Waals surface area contributed by atoms with Crippen molar-refractivity contribution in [3.63, 3.8) is 0 Å². The van der Waals surface area contributed by atoms with E-state index in [4.69, 9.17) is 18.7 Å². The van der Waals surface area contributed by atoms with E-state index < -0.39 is 11.5 Å². The van der Waals surface area contributed by atoms with Gasteiger partial charge < -0.3 is 18.7 Å². The van der Waals surface area contributed by atoms with Gasteiger partial charge in [0.25, 0.3) is 0 Å². The second-order valence-corrected chi connectivity index (χ2v) is 4.97. The maximum atomic E-state index is 11.7. The predicted octanol–water partition coefficient (Wildman–Crippen LogP) is 1.78. The Balaban J connectivity index is 2.18. The van der Waals surface area contributed by atoms with E-state index in [1.54, 1.807) is 13.8 Å². The van der Waals surface area contributed by atoms with Gasteiger partial charge in [-0.1, -0.05) is 5.16 Å². The minimum absolute atomic E-state index is 0.258. The van der Waals surface area contributed by atoms with Gasteiger partial charge in [-0.2, -0.15) is 4.98 Å². The van der Waals surface area contributed by atoms with E-state index in [1.807, 2.05) is 6.92 Å². The van der Waals surface area contributed by atoms with Gasteiger partial charge in [-0.15, -0.1) is 0 Å². The second-order valence-electron chi connectivity index (χ2n) is 4.97. The van der Waals surface area contributed by atoms with Gasteiger partial charge in [0.05, 0.1) is 6.61 Å². The molecule has 0 aromatic carbocycles. The van der Waals surface area contributed by atoms with Crippen LogP contribution in [0.3, 0.4) is 0 Å². The summed E-state index contributed by atoms with van der Waals surface area (Å²) < 4.78 is 21.5. The highest BCUT2D eigenvalue weighted by Gasteiger charge is 2.40. The van der Waals surface area contributed by atoms with Crippen LogP contribution in [0.1, 0.15) is 51.2 Å². The quantitative estimate of drug-likeness (QED) is 0.740. The monoisotopic (exact) mass is 298 g/mol. The molecule has 7 heteroatoms. The van der Waals surface area contributed by atoms with Crippen molar-refractivity contribution in [1.29, 1.82) is 0 Å². The molecule has 1 atom stereocenters. The van der Waals surface area contributed by atoms with Crippen molar-refractivity contribution in [2.24, 2.45) is 0 Å². The Labute approximate surface area is 123 Å². The van der Waals surface area contributed by atoms with Crippen molar-refractivity contribution in [3.05, 3.63) is 11.7 Å². The molecule has 118 valence electrons. The molecule has 1 aliphatic rings. The van der Waals surface area contributed by atoms with Crippen LogP contribution in [0, 0.1) is 0 Å². The lowest BCUT2D eigenvalue weighted by Crippen LogP contribution is -2.37.